The van der Waals surface area contributed by atoms with Gasteiger partial charge in [0.15, 0.2) is 6.04 Å². The number of hydrogen-bond donors (Lipinski definition) is 3. The molecule has 1 rings (SSSR count). The molecule has 0 aliphatic rings. The zero-order valence-corrected chi connectivity index (χ0v) is 14.5. The molecule has 130 valence electrons. The van der Waals surface area contributed by atoms with E-state index in [0.717, 1.165) is 4.47 Å². The lowest BCUT2D eigenvalue weighted by atomic mass is 10.2. The highest BCUT2D eigenvalue weighted by molar-refractivity contribution is 9.10. The van der Waals surface area contributed by atoms with E-state index in [9.17, 15) is 14.4 Å². The summed E-state index contributed by atoms with van der Waals surface area (Å²) in [5, 5.41) is 14.0. The number of carboxylic acids is 1. The summed E-state index contributed by atoms with van der Waals surface area (Å²) in [5.74, 6) is -1.98. The Bertz CT molecular complexity index is 589. The number of hydrogen-bond acceptors (Lipinski definition) is 4. The van der Waals surface area contributed by atoms with E-state index in [1.165, 1.54) is 6.08 Å². The van der Waals surface area contributed by atoms with Crippen LogP contribution in [0.15, 0.2) is 41.4 Å². The third-order valence-corrected chi connectivity index (χ3v) is 3.43. The van der Waals surface area contributed by atoms with E-state index >= 15 is 0 Å². The molecule has 7 nitrogen and oxygen atoms in total. The first-order chi connectivity index (χ1) is 11.4. The van der Waals surface area contributed by atoms with Crippen molar-refractivity contribution >= 4 is 33.7 Å². The molecule has 3 N–H and O–H groups in total. The predicted octanol–water partition coefficient (Wildman–Crippen LogP) is 1.34. The van der Waals surface area contributed by atoms with Gasteiger partial charge in [-0.1, -0.05) is 22.0 Å². The molecule has 1 aromatic rings. The van der Waals surface area contributed by atoms with E-state index in [1.807, 2.05) is 0 Å². The normalized spacial score (nSPS) is 11.4. The summed E-state index contributed by atoms with van der Waals surface area (Å²) in [5.41, 5.74) is 0.472. The summed E-state index contributed by atoms with van der Waals surface area (Å²) in [6.45, 7) is 3.59. The monoisotopic (exact) mass is 398 g/mol. The average Bonchev–Trinajstić information content (AvgIpc) is 2.54. The minimum Gasteiger partial charge on any atom is -0.480 e. The molecule has 0 saturated heterocycles. The van der Waals surface area contributed by atoms with Gasteiger partial charge in [-0.2, -0.15) is 0 Å². The molecular weight excluding hydrogens is 380 g/mol. The fourth-order valence-electron chi connectivity index (χ4n) is 1.70. The Balaban J connectivity index is 2.36. The summed E-state index contributed by atoms with van der Waals surface area (Å²) in [6, 6.07) is 5.64. The minimum atomic E-state index is -1.19. The summed E-state index contributed by atoms with van der Waals surface area (Å²) in [4.78, 5) is 34.6. The van der Waals surface area contributed by atoms with E-state index in [1.54, 1.807) is 24.3 Å². The van der Waals surface area contributed by atoms with Crippen LogP contribution in [-0.2, 0) is 14.3 Å². The number of amides is 2. The summed E-state index contributed by atoms with van der Waals surface area (Å²) < 4.78 is 5.89. The number of benzene rings is 1. The van der Waals surface area contributed by atoms with Crippen molar-refractivity contribution in [2.45, 2.75) is 12.5 Å². The lowest BCUT2D eigenvalue weighted by Crippen LogP contribution is -2.44. The average molecular weight is 399 g/mol. The second kappa shape index (κ2) is 10.6. The second-order valence-corrected chi connectivity index (χ2v) is 5.71. The highest BCUT2D eigenvalue weighted by atomic mass is 79.9. The number of carboxylic acid groups (broad SMARTS) is 1. The Morgan fingerprint density at radius 1 is 1.29 bits per heavy atom. The highest BCUT2D eigenvalue weighted by Gasteiger charge is 2.19. The lowest BCUT2D eigenvalue weighted by Gasteiger charge is -2.14. The van der Waals surface area contributed by atoms with Gasteiger partial charge in [0.2, 0.25) is 5.91 Å². The van der Waals surface area contributed by atoms with E-state index in [4.69, 9.17) is 9.84 Å². The molecule has 1 aromatic carbocycles. The molecule has 8 heteroatoms. The van der Waals surface area contributed by atoms with E-state index in [2.05, 4.69) is 33.1 Å². The van der Waals surface area contributed by atoms with Gasteiger partial charge in [-0.3, -0.25) is 9.59 Å². The third-order valence-electron chi connectivity index (χ3n) is 2.90. The summed E-state index contributed by atoms with van der Waals surface area (Å²) >= 11 is 3.27. The molecule has 0 aliphatic heterocycles. The molecule has 0 aromatic heterocycles. The number of carbonyl (C=O) groups is 3. The van der Waals surface area contributed by atoms with Gasteiger partial charge in [0.1, 0.15) is 0 Å². The van der Waals surface area contributed by atoms with Gasteiger partial charge < -0.3 is 20.5 Å². The largest absolute Gasteiger partial charge is 0.480 e. The molecule has 0 fully saturated rings. The van der Waals surface area contributed by atoms with Crippen LogP contribution in [0.4, 0.5) is 0 Å². The molecule has 24 heavy (non-hydrogen) atoms. The van der Waals surface area contributed by atoms with Crippen molar-refractivity contribution in [2.24, 2.45) is 0 Å². The fraction of sp³-hybridized carbons (Fsp3) is 0.312. The van der Waals surface area contributed by atoms with Crippen LogP contribution < -0.4 is 10.6 Å². The number of rotatable bonds is 10. The molecule has 1 unspecified atom stereocenters. The Hall–Kier alpha value is -2.19. The van der Waals surface area contributed by atoms with Gasteiger partial charge in [-0.25, -0.2) is 4.79 Å². The molecule has 0 heterocycles. The van der Waals surface area contributed by atoms with Gasteiger partial charge >= 0.3 is 5.97 Å². The quantitative estimate of drug-likeness (QED) is 0.407. The third kappa shape index (κ3) is 7.38. The van der Waals surface area contributed by atoms with Gasteiger partial charge in [-0.05, 0) is 24.3 Å². The summed E-state index contributed by atoms with van der Waals surface area (Å²) in [7, 11) is 0. The van der Waals surface area contributed by atoms with Gasteiger partial charge in [0, 0.05) is 23.0 Å². The molecule has 1 atom stereocenters. The van der Waals surface area contributed by atoms with Crippen LogP contribution in [0.25, 0.3) is 0 Å². The Morgan fingerprint density at radius 3 is 2.54 bits per heavy atom. The number of carbonyl (C=O) groups excluding carboxylic acids is 2. The number of halogens is 1. The zero-order valence-electron chi connectivity index (χ0n) is 13.0. The molecular formula is C16H19BrN2O5. The van der Waals surface area contributed by atoms with E-state index in [-0.39, 0.29) is 32.1 Å². The molecule has 0 spiro atoms. The standard InChI is InChI=1S/C16H19BrN2O5/c1-2-9-24-10-13(16(22)23)19-14(20)7-8-18-15(21)11-3-5-12(17)6-4-11/h2-6,13H,1,7-10H2,(H,18,21)(H,19,20)(H,22,23). The second-order valence-electron chi connectivity index (χ2n) is 4.80. The van der Waals surface area contributed by atoms with Gasteiger partial charge in [0.05, 0.1) is 13.2 Å². The van der Waals surface area contributed by atoms with Crippen molar-refractivity contribution in [1.29, 1.82) is 0 Å². The number of ether oxygens (including phenoxy) is 1. The van der Waals surface area contributed by atoms with Gasteiger partial charge in [0.25, 0.3) is 5.91 Å². The van der Waals surface area contributed by atoms with Crippen LogP contribution in [0.1, 0.15) is 16.8 Å². The first-order valence-corrected chi connectivity index (χ1v) is 7.98. The smallest absolute Gasteiger partial charge is 0.328 e. The highest BCUT2D eigenvalue weighted by Crippen LogP contribution is 2.10. The molecule has 0 bridgehead atoms. The Labute approximate surface area is 148 Å². The van der Waals surface area contributed by atoms with Crippen LogP contribution >= 0.6 is 15.9 Å². The minimum absolute atomic E-state index is 0.0342. The molecule has 0 saturated carbocycles. The maximum atomic E-state index is 11.9. The van der Waals surface area contributed by atoms with Crippen LogP contribution in [0.5, 0.6) is 0 Å². The summed E-state index contributed by atoms with van der Waals surface area (Å²) in [6.07, 6.45) is 1.45. The van der Waals surface area contributed by atoms with Crippen molar-refractivity contribution < 1.29 is 24.2 Å². The first kappa shape index (κ1) is 19.9. The number of aliphatic carboxylic acids is 1. The predicted molar refractivity (Wildman–Crippen MR) is 91.7 cm³/mol. The SMILES string of the molecule is C=CCOCC(NC(=O)CCNC(=O)c1ccc(Br)cc1)C(=O)O. The zero-order chi connectivity index (χ0) is 17.9. The Morgan fingerprint density at radius 2 is 1.96 bits per heavy atom. The maximum absolute atomic E-state index is 11.9. The Kier molecular flexibility index (Phi) is 8.74. The van der Waals surface area contributed by atoms with E-state index in [0.29, 0.717) is 5.56 Å². The van der Waals surface area contributed by atoms with E-state index < -0.39 is 17.9 Å². The lowest BCUT2D eigenvalue weighted by molar-refractivity contribution is -0.143. The van der Waals surface area contributed by atoms with Gasteiger partial charge in [-0.15, -0.1) is 6.58 Å². The molecule has 2 amide bonds. The first-order valence-electron chi connectivity index (χ1n) is 7.18. The molecule has 0 aliphatic carbocycles. The van der Waals surface area contributed by atoms with Crippen molar-refractivity contribution in [3.8, 4) is 0 Å². The van der Waals surface area contributed by atoms with Crippen molar-refractivity contribution in [1.82, 2.24) is 10.6 Å². The topological polar surface area (TPSA) is 105 Å². The van der Waals surface area contributed by atoms with Crippen LogP contribution in [-0.4, -0.2) is 48.7 Å². The van der Waals surface area contributed by atoms with Crippen molar-refractivity contribution in [2.75, 3.05) is 19.8 Å². The van der Waals surface area contributed by atoms with Crippen molar-refractivity contribution in [3.63, 3.8) is 0 Å². The number of nitrogens with one attached hydrogen (secondary N) is 2. The van der Waals surface area contributed by atoms with Crippen LogP contribution in [0.2, 0.25) is 0 Å². The van der Waals surface area contributed by atoms with Crippen LogP contribution in [0, 0.1) is 0 Å². The maximum Gasteiger partial charge on any atom is 0.328 e. The van der Waals surface area contributed by atoms with Crippen molar-refractivity contribution in [3.05, 3.63) is 47.0 Å². The molecule has 0 radical (unpaired) electrons. The van der Waals surface area contributed by atoms with Crippen LogP contribution in [0.3, 0.4) is 0 Å². The fourth-order valence-corrected chi connectivity index (χ4v) is 1.97.